The van der Waals surface area contributed by atoms with Crippen molar-refractivity contribution >= 4 is 11.8 Å². The van der Waals surface area contributed by atoms with Crippen LogP contribution in [-0.4, -0.2) is 166 Å². The summed E-state index contributed by atoms with van der Waals surface area (Å²) in [5.41, 5.74) is -1.33. The lowest BCUT2D eigenvalue weighted by molar-refractivity contribution is -0.338. The van der Waals surface area contributed by atoms with Crippen LogP contribution in [0, 0.1) is 0 Å². The number of aliphatic hydroxyl groups is 11. The molecule has 0 radical (unpaired) electrons. The van der Waals surface area contributed by atoms with Gasteiger partial charge in [0.25, 0.3) is 0 Å². The highest BCUT2D eigenvalue weighted by atomic mass is 32.2. The van der Waals surface area contributed by atoms with Crippen molar-refractivity contribution in [1.29, 1.82) is 0 Å². The van der Waals surface area contributed by atoms with Crippen LogP contribution in [0.25, 0.3) is 0 Å². The number of hydrogen-bond acceptors (Lipinski definition) is 16. The third kappa shape index (κ3) is 5.52. The third-order valence-electron chi connectivity index (χ3n) is 6.09. The molecule has 0 aromatic heterocycles. The molecule has 0 aliphatic carbocycles. The Morgan fingerprint density at radius 1 is 0.559 bits per heavy atom. The summed E-state index contributed by atoms with van der Waals surface area (Å²) in [6, 6.07) is 0. The number of ether oxygens (including phenoxy) is 4. The summed E-state index contributed by atoms with van der Waals surface area (Å²) in [4.78, 5) is 0. The Morgan fingerprint density at radius 3 is 1.76 bits per heavy atom. The van der Waals surface area contributed by atoms with Gasteiger partial charge in [0.1, 0.15) is 60.4 Å². The van der Waals surface area contributed by atoms with Gasteiger partial charge in [0.15, 0.2) is 12.6 Å². The lowest BCUT2D eigenvalue weighted by Crippen LogP contribution is -2.64. The molecule has 0 amide bonds. The highest BCUT2D eigenvalue weighted by Gasteiger charge is 2.52. The maximum atomic E-state index is 10.7. The molecular formula is C18H32O15S. The summed E-state index contributed by atoms with van der Waals surface area (Å²) < 4.78 is 21.3. The molecule has 3 aliphatic rings. The summed E-state index contributed by atoms with van der Waals surface area (Å²) in [6.07, 6.45) is -20.7. The Balaban J connectivity index is 1.72. The molecule has 1 unspecified atom stereocenters. The van der Waals surface area contributed by atoms with E-state index < -0.39 is 110 Å². The van der Waals surface area contributed by atoms with Crippen LogP contribution in [0.4, 0.5) is 0 Å². The molecule has 3 rings (SSSR count). The minimum atomic E-state index is -1.80. The Labute approximate surface area is 197 Å². The van der Waals surface area contributed by atoms with Crippen LogP contribution in [-0.2, 0) is 18.9 Å². The normalized spacial score (nSPS) is 52.5. The molecule has 3 aliphatic heterocycles. The van der Waals surface area contributed by atoms with Crippen LogP contribution < -0.4 is 0 Å². The van der Waals surface area contributed by atoms with Gasteiger partial charge in [0, 0.05) is 0 Å². The highest BCUT2D eigenvalue weighted by Crippen LogP contribution is 2.38. The summed E-state index contributed by atoms with van der Waals surface area (Å²) in [7, 11) is 0. The number of hydrogen-bond donors (Lipinski definition) is 11. The average molecular weight is 521 g/mol. The summed E-state index contributed by atoms with van der Waals surface area (Å²) in [5, 5.41) is 109. The van der Waals surface area contributed by atoms with Crippen LogP contribution in [0.3, 0.4) is 0 Å². The fourth-order valence-electron chi connectivity index (χ4n) is 4.06. The van der Waals surface area contributed by atoms with Gasteiger partial charge in [-0.3, -0.25) is 0 Å². The standard InChI is InChI=1S/C18H32O15S/c19-1-4-7(22)8(23)12(27)17(31-4)33-14-5(2-20)32-18(13(28)9(14)24)34-15-6(3-21)30-16(29)11(26)10(15)25/h4-29H,1-3H2/t4-,5-,6-,7-,8+,9-,10-,11-,12-,13-,14-,15-,16?,17+,18+/m1/s1. The lowest BCUT2D eigenvalue weighted by atomic mass is 9.97. The van der Waals surface area contributed by atoms with E-state index in [1.54, 1.807) is 0 Å². The predicted octanol–water partition coefficient (Wildman–Crippen LogP) is -6.86. The molecule has 0 aromatic rings. The SMILES string of the molecule is OC[C@H]1O[C@@H](O[C@H]2[C@H](O)[C@@H](O)[C@H](S[C@H]3[C@H](O)[C@@H](O)C(O)O[C@@H]3CO)O[C@@H]2CO)[C@H](O)[C@@H](O)[C@@H]1O. The third-order valence-corrected chi connectivity index (χ3v) is 7.65. The molecule has 34 heavy (non-hydrogen) atoms. The molecule has 0 spiro atoms. The molecule has 3 saturated heterocycles. The summed E-state index contributed by atoms with van der Waals surface area (Å²) >= 11 is 0.681. The summed E-state index contributed by atoms with van der Waals surface area (Å²) in [6.45, 7) is -2.13. The maximum absolute atomic E-state index is 10.7. The maximum Gasteiger partial charge on any atom is 0.187 e. The van der Waals surface area contributed by atoms with Gasteiger partial charge >= 0.3 is 0 Å². The van der Waals surface area contributed by atoms with E-state index in [0.29, 0.717) is 11.8 Å². The van der Waals surface area contributed by atoms with Crippen LogP contribution in [0.2, 0.25) is 0 Å². The van der Waals surface area contributed by atoms with Gasteiger partial charge in [-0.1, -0.05) is 0 Å². The molecule has 0 bridgehead atoms. The Bertz CT molecular complexity index is 640. The molecule has 11 N–H and O–H groups in total. The van der Waals surface area contributed by atoms with E-state index in [-0.39, 0.29) is 0 Å². The topological polar surface area (TPSA) is 259 Å². The van der Waals surface area contributed by atoms with E-state index in [0.717, 1.165) is 0 Å². The Kier molecular flexibility index (Phi) is 9.88. The zero-order valence-electron chi connectivity index (χ0n) is 17.7. The van der Waals surface area contributed by atoms with Gasteiger partial charge < -0.3 is 75.1 Å². The van der Waals surface area contributed by atoms with Crippen molar-refractivity contribution in [2.24, 2.45) is 0 Å². The first-order valence-electron chi connectivity index (χ1n) is 10.6. The first-order chi connectivity index (χ1) is 16.0. The van der Waals surface area contributed by atoms with Crippen molar-refractivity contribution in [3.63, 3.8) is 0 Å². The number of thioether (sulfide) groups is 1. The number of rotatable bonds is 7. The van der Waals surface area contributed by atoms with Gasteiger partial charge in [-0.05, 0) is 0 Å². The summed E-state index contributed by atoms with van der Waals surface area (Å²) in [5.74, 6) is 0. The average Bonchev–Trinajstić information content (AvgIpc) is 2.83. The smallest absolute Gasteiger partial charge is 0.187 e. The second-order valence-corrected chi connectivity index (χ2v) is 9.62. The van der Waals surface area contributed by atoms with Gasteiger partial charge in [0.05, 0.1) is 37.3 Å². The fraction of sp³-hybridized carbons (Fsp3) is 1.00. The second kappa shape index (κ2) is 11.9. The van der Waals surface area contributed by atoms with E-state index in [1.807, 2.05) is 0 Å². The zero-order chi connectivity index (χ0) is 25.3. The van der Waals surface area contributed by atoms with Gasteiger partial charge in [-0.15, -0.1) is 11.8 Å². The van der Waals surface area contributed by atoms with Gasteiger partial charge in [-0.2, -0.15) is 0 Å². The Morgan fingerprint density at radius 2 is 1.18 bits per heavy atom. The first kappa shape index (κ1) is 28.3. The van der Waals surface area contributed by atoms with Crippen molar-refractivity contribution < 1.29 is 75.1 Å². The molecule has 0 aromatic carbocycles. The molecular weight excluding hydrogens is 488 g/mol. The van der Waals surface area contributed by atoms with Crippen LogP contribution in [0.1, 0.15) is 0 Å². The minimum Gasteiger partial charge on any atom is -0.394 e. The lowest BCUT2D eigenvalue weighted by Gasteiger charge is -2.47. The van der Waals surface area contributed by atoms with E-state index >= 15 is 0 Å². The second-order valence-electron chi connectivity index (χ2n) is 8.33. The van der Waals surface area contributed by atoms with Gasteiger partial charge in [-0.25, -0.2) is 0 Å². The number of aliphatic hydroxyl groups excluding tert-OH is 11. The van der Waals surface area contributed by atoms with Crippen molar-refractivity contribution in [3.8, 4) is 0 Å². The quantitative estimate of drug-likeness (QED) is 0.149. The zero-order valence-corrected chi connectivity index (χ0v) is 18.6. The largest absolute Gasteiger partial charge is 0.394 e. The van der Waals surface area contributed by atoms with Crippen molar-refractivity contribution in [2.45, 2.75) is 90.4 Å². The molecule has 3 heterocycles. The van der Waals surface area contributed by atoms with E-state index in [4.69, 9.17) is 18.9 Å². The van der Waals surface area contributed by atoms with Gasteiger partial charge in [0.2, 0.25) is 0 Å². The highest BCUT2D eigenvalue weighted by molar-refractivity contribution is 8.00. The molecule has 15 nitrogen and oxygen atoms in total. The van der Waals surface area contributed by atoms with E-state index in [9.17, 15) is 56.2 Å². The van der Waals surface area contributed by atoms with E-state index in [2.05, 4.69) is 0 Å². The van der Waals surface area contributed by atoms with Crippen molar-refractivity contribution in [2.75, 3.05) is 19.8 Å². The van der Waals surface area contributed by atoms with Crippen molar-refractivity contribution in [1.82, 2.24) is 0 Å². The predicted molar refractivity (Wildman–Crippen MR) is 108 cm³/mol. The molecule has 200 valence electrons. The van der Waals surface area contributed by atoms with Crippen molar-refractivity contribution in [3.05, 3.63) is 0 Å². The fourth-order valence-corrected chi connectivity index (χ4v) is 5.54. The molecule has 0 saturated carbocycles. The molecule has 16 heteroatoms. The first-order valence-corrected chi connectivity index (χ1v) is 11.5. The minimum absolute atomic E-state index is 0.657. The van der Waals surface area contributed by atoms with Crippen LogP contribution >= 0.6 is 11.8 Å². The monoisotopic (exact) mass is 520 g/mol. The van der Waals surface area contributed by atoms with E-state index in [1.165, 1.54) is 0 Å². The Hall–Kier alpha value is -0.250. The molecule has 3 fully saturated rings. The van der Waals surface area contributed by atoms with Crippen LogP contribution in [0.5, 0.6) is 0 Å². The van der Waals surface area contributed by atoms with Crippen LogP contribution in [0.15, 0.2) is 0 Å². The molecule has 15 atom stereocenters.